The van der Waals surface area contributed by atoms with Crippen molar-refractivity contribution in [2.75, 3.05) is 59.7 Å². The van der Waals surface area contributed by atoms with Crippen molar-refractivity contribution >= 4 is 5.91 Å². The Labute approximate surface area is 136 Å². The summed E-state index contributed by atoms with van der Waals surface area (Å²) in [4.78, 5) is 16.9. The number of hydrogen-bond donors (Lipinski definition) is 0. The number of carbonyl (C=O) groups excluding carboxylic acids is 1. The number of aryl methyl sites for hydroxylation is 1. The molecular weight excluding hydrogens is 298 g/mol. The van der Waals surface area contributed by atoms with Gasteiger partial charge in [-0.1, -0.05) is 5.16 Å². The first-order chi connectivity index (χ1) is 11.1. The number of likely N-dealkylation sites (tertiary alicyclic amines) is 1. The molecule has 1 atom stereocenters. The standard InChI is InChI=1S/C16H25N3O4/c1-13-9-14(17-23-13)15(20)19-6-8-22-12-16(11-19)3-4-18(10-16)5-7-21-2/h9H,3-8,10-12H2,1-2H3/t16-/m1/s1. The van der Waals surface area contributed by atoms with E-state index >= 15 is 0 Å². The van der Waals surface area contributed by atoms with Crippen molar-refractivity contribution in [2.24, 2.45) is 5.41 Å². The fraction of sp³-hybridized carbons (Fsp3) is 0.750. The predicted octanol–water partition coefficient (Wildman–Crippen LogP) is 0.794. The van der Waals surface area contributed by atoms with Crippen LogP contribution in [0.3, 0.4) is 0 Å². The first-order valence-electron chi connectivity index (χ1n) is 8.14. The zero-order valence-corrected chi connectivity index (χ0v) is 13.9. The molecule has 2 aliphatic rings. The highest BCUT2D eigenvalue weighted by Gasteiger charge is 2.42. The molecule has 128 valence electrons. The third-order valence-electron chi connectivity index (χ3n) is 4.70. The normalized spacial score (nSPS) is 25.9. The van der Waals surface area contributed by atoms with Gasteiger partial charge in [-0.25, -0.2) is 0 Å². The number of aromatic nitrogens is 1. The van der Waals surface area contributed by atoms with E-state index in [1.54, 1.807) is 20.1 Å². The van der Waals surface area contributed by atoms with Crippen molar-refractivity contribution in [2.45, 2.75) is 13.3 Å². The minimum atomic E-state index is -0.0675. The highest BCUT2D eigenvalue weighted by atomic mass is 16.5. The highest BCUT2D eigenvalue weighted by Crippen LogP contribution is 2.33. The molecule has 1 aromatic heterocycles. The van der Waals surface area contributed by atoms with Crippen molar-refractivity contribution in [1.29, 1.82) is 0 Å². The Bertz CT molecular complexity index is 547. The molecule has 3 heterocycles. The van der Waals surface area contributed by atoms with Gasteiger partial charge in [0.1, 0.15) is 5.76 Å². The molecule has 23 heavy (non-hydrogen) atoms. The van der Waals surface area contributed by atoms with Crippen LogP contribution in [0.1, 0.15) is 22.7 Å². The SMILES string of the molecule is COCCN1CC[C@@]2(COCCN(C(=O)c3cc(C)on3)C2)C1. The van der Waals surface area contributed by atoms with E-state index in [-0.39, 0.29) is 11.3 Å². The highest BCUT2D eigenvalue weighted by molar-refractivity contribution is 5.92. The van der Waals surface area contributed by atoms with Crippen molar-refractivity contribution in [3.05, 3.63) is 17.5 Å². The van der Waals surface area contributed by atoms with Crippen LogP contribution < -0.4 is 0 Å². The molecule has 0 bridgehead atoms. The van der Waals surface area contributed by atoms with E-state index in [9.17, 15) is 4.79 Å². The summed E-state index contributed by atoms with van der Waals surface area (Å²) in [5.41, 5.74) is 0.396. The fourth-order valence-corrected chi connectivity index (χ4v) is 3.48. The van der Waals surface area contributed by atoms with Gasteiger partial charge in [-0.3, -0.25) is 4.79 Å². The monoisotopic (exact) mass is 323 g/mol. The van der Waals surface area contributed by atoms with Gasteiger partial charge < -0.3 is 23.8 Å². The number of rotatable bonds is 4. The topological polar surface area (TPSA) is 68.0 Å². The van der Waals surface area contributed by atoms with E-state index in [0.29, 0.717) is 37.8 Å². The number of carbonyl (C=O) groups is 1. The summed E-state index contributed by atoms with van der Waals surface area (Å²) < 4.78 is 16.0. The molecule has 1 aromatic rings. The number of ether oxygens (including phenoxy) is 2. The largest absolute Gasteiger partial charge is 0.383 e. The van der Waals surface area contributed by atoms with Gasteiger partial charge in [0, 0.05) is 44.8 Å². The van der Waals surface area contributed by atoms with E-state index in [2.05, 4.69) is 10.1 Å². The summed E-state index contributed by atoms with van der Waals surface area (Å²) >= 11 is 0. The lowest BCUT2D eigenvalue weighted by atomic mass is 9.87. The predicted molar refractivity (Wildman–Crippen MR) is 83.3 cm³/mol. The van der Waals surface area contributed by atoms with Gasteiger partial charge in [-0.15, -0.1) is 0 Å². The maximum Gasteiger partial charge on any atom is 0.276 e. The lowest BCUT2D eigenvalue weighted by Gasteiger charge is -2.31. The first-order valence-corrected chi connectivity index (χ1v) is 8.14. The molecule has 0 radical (unpaired) electrons. The lowest BCUT2D eigenvalue weighted by Crippen LogP contribution is -2.43. The van der Waals surface area contributed by atoms with Gasteiger partial charge in [0.05, 0.1) is 19.8 Å². The summed E-state index contributed by atoms with van der Waals surface area (Å²) in [5.74, 6) is 0.586. The summed E-state index contributed by atoms with van der Waals surface area (Å²) in [6, 6.07) is 1.69. The van der Waals surface area contributed by atoms with Gasteiger partial charge in [-0.05, 0) is 19.9 Å². The van der Waals surface area contributed by atoms with Crippen LogP contribution in [0.4, 0.5) is 0 Å². The molecule has 7 heteroatoms. The second-order valence-electron chi connectivity index (χ2n) is 6.62. The van der Waals surface area contributed by atoms with Crippen LogP contribution in [0.5, 0.6) is 0 Å². The Morgan fingerprint density at radius 1 is 1.43 bits per heavy atom. The molecule has 1 amide bonds. The van der Waals surface area contributed by atoms with Crippen molar-refractivity contribution in [1.82, 2.24) is 15.0 Å². The third kappa shape index (κ3) is 3.73. The molecular formula is C16H25N3O4. The minimum Gasteiger partial charge on any atom is -0.383 e. The van der Waals surface area contributed by atoms with Gasteiger partial charge in [-0.2, -0.15) is 0 Å². The third-order valence-corrected chi connectivity index (χ3v) is 4.70. The van der Waals surface area contributed by atoms with Gasteiger partial charge in [0.15, 0.2) is 5.69 Å². The molecule has 2 saturated heterocycles. The summed E-state index contributed by atoms with van der Waals surface area (Å²) in [7, 11) is 1.72. The van der Waals surface area contributed by atoms with Crippen molar-refractivity contribution in [3.63, 3.8) is 0 Å². The van der Waals surface area contributed by atoms with Crippen molar-refractivity contribution in [3.8, 4) is 0 Å². The van der Waals surface area contributed by atoms with Crippen molar-refractivity contribution < 1.29 is 18.8 Å². The Hall–Kier alpha value is -1.44. The van der Waals surface area contributed by atoms with Crippen LogP contribution in [0.15, 0.2) is 10.6 Å². The van der Waals surface area contributed by atoms with E-state index in [1.807, 2.05) is 4.90 Å². The van der Waals surface area contributed by atoms with E-state index in [4.69, 9.17) is 14.0 Å². The van der Waals surface area contributed by atoms with Gasteiger partial charge in [0.2, 0.25) is 0 Å². The second kappa shape index (κ2) is 6.98. The van der Waals surface area contributed by atoms with Crippen LogP contribution in [0, 0.1) is 12.3 Å². The molecule has 0 N–H and O–H groups in total. The zero-order chi connectivity index (χ0) is 16.3. The van der Waals surface area contributed by atoms with Gasteiger partial charge in [0.25, 0.3) is 5.91 Å². The molecule has 2 aliphatic heterocycles. The number of hydrogen-bond acceptors (Lipinski definition) is 6. The average Bonchev–Trinajstić information content (AvgIpc) is 3.08. The van der Waals surface area contributed by atoms with Crippen LogP contribution in [0.25, 0.3) is 0 Å². The van der Waals surface area contributed by atoms with E-state index < -0.39 is 0 Å². The lowest BCUT2D eigenvalue weighted by molar-refractivity contribution is 0.0624. The number of amides is 1. The second-order valence-corrected chi connectivity index (χ2v) is 6.62. The van der Waals surface area contributed by atoms with E-state index in [0.717, 1.165) is 32.7 Å². The minimum absolute atomic E-state index is 0.0126. The first kappa shape index (κ1) is 16.4. The summed E-state index contributed by atoms with van der Waals surface area (Å²) in [6.07, 6.45) is 1.04. The number of methoxy groups -OCH3 is 1. The molecule has 0 aliphatic carbocycles. The van der Waals surface area contributed by atoms with Gasteiger partial charge >= 0.3 is 0 Å². The Balaban J connectivity index is 1.68. The molecule has 0 aromatic carbocycles. The van der Waals surface area contributed by atoms with Crippen LogP contribution in [-0.4, -0.2) is 80.5 Å². The Kier molecular flexibility index (Phi) is 4.99. The molecule has 2 fully saturated rings. The molecule has 0 unspecified atom stereocenters. The smallest absolute Gasteiger partial charge is 0.276 e. The van der Waals surface area contributed by atoms with Crippen LogP contribution >= 0.6 is 0 Å². The molecule has 1 spiro atoms. The maximum atomic E-state index is 12.7. The zero-order valence-electron chi connectivity index (χ0n) is 13.9. The Morgan fingerprint density at radius 2 is 2.30 bits per heavy atom. The average molecular weight is 323 g/mol. The fourth-order valence-electron chi connectivity index (χ4n) is 3.48. The quantitative estimate of drug-likeness (QED) is 0.816. The van der Waals surface area contributed by atoms with Crippen LogP contribution in [-0.2, 0) is 9.47 Å². The number of nitrogens with zero attached hydrogens (tertiary/aromatic N) is 3. The molecule has 7 nitrogen and oxygen atoms in total. The maximum absolute atomic E-state index is 12.7. The Morgan fingerprint density at radius 3 is 3.04 bits per heavy atom. The van der Waals surface area contributed by atoms with Crippen LogP contribution in [0.2, 0.25) is 0 Å². The molecule has 0 saturated carbocycles. The molecule has 3 rings (SSSR count). The van der Waals surface area contributed by atoms with E-state index in [1.165, 1.54) is 0 Å². The summed E-state index contributed by atoms with van der Waals surface area (Å²) in [6.45, 7) is 8.01. The summed E-state index contributed by atoms with van der Waals surface area (Å²) in [5, 5.41) is 3.86.